The van der Waals surface area contributed by atoms with Crippen LogP contribution in [0.25, 0.3) is 0 Å². The summed E-state index contributed by atoms with van der Waals surface area (Å²) in [5, 5.41) is 7.03. The van der Waals surface area contributed by atoms with Crippen LogP contribution in [-0.4, -0.2) is 75.9 Å². The SMILES string of the molecule is CCNC(=NCC(C(C)C)N1CCOCC1)NCC1CCN(c2ccccc2)C1. The number of guanidine groups is 1. The molecule has 2 aliphatic heterocycles. The molecule has 6 heteroatoms. The summed E-state index contributed by atoms with van der Waals surface area (Å²) in [6.07, 6.45) is 1.23. The van der Waals surface area contributed by atoms with Crippen LogP contribution in [0, 0.1) is 11.8 Å². The van der Waals surface area contributed by atoms with Crippen molar-refractivity contribution >= 4 is 11.6 Å². The van der Waals surface area contributed by atoms with E-state index < -0.39 is 0 Å². The van der Waals surface area contributed by atoms with E-state index in [1.807, 2.05) is 0 Å². The number of anilines is 1. The monoisotopic (exact) mass is 401 g/mol. The molecule has 162 valence electrons. The lowest BCUT2D eigenvalue weighted by Gasteiger charge is -2.36. The summed E-state index contributed by atoms with van der Waals surface area (Å²) in [5.74, 6) is 2.18. The van der Waals surface area contributed by atoms with Gasteiger partial charge < -0.3 is 20.3 Å². The summed E-state index contributed by atoms with van der Waals surface area (Å²) in [7, 11) is 0. The van der Waals surface area contributed by atoms with Crippen LogP contribution in [0.15, 0.2) is 35.3 Å². The van der Waals surface area contributed by atoms with E-state index in [4.69, 9.17) is 9.73 Å². The Bertz CT molecular complexity index is 615. The van der Waals surface area contributed by atoms with E-state index in [0.29, 0.717) is 17.9 Å². The molecule has 6 nitrogen and oxygen atoms in total. The average molecular weight is 402 g/mol. The maximum Gasteiger partial charge on any atom is 0.191 e. The van der Waals surface area contributed by atoms with Gasteiger partial charge in [-0.15, -0.1) is 0 Å². The minimum absolute atomic E-state index is 0.467. The number of para-hydroxylation sites is 1. The van der Waals surface area contributed by atoms with Crippen LogP contribution in [0.1, 0.15) is 27.2 Å². The molecular weight excluding hydrogens is 362 g/mol. The first-order chi connectivity index (χ1) is 14.2. The zero-order valence-electron chi connectivity index (χ0n) is 18.4. The van der Waals surface area contributed by atoms with Crippen LogP contribution in [0.2, 0.25) is 0 Å². The zero-order valence-corrected chi connectivity index (χ0v) is 18.4. The van der Waals surface area contributed by atoms with Gasteiger partial charge >= 0.3 is 0 Å². The molecular formula is C23H39N5O. The Balaban J connectivity index is 1.51. The first-order valence-corrected chi connectivity index (χ1v) is 11.3. The molecule has 2 aliphatic rings. The molecule has 0 saturated carbocycles. The first-order valence-electron chi connectivity index (χ1n) is 11.3. The van der Waals surface area contributed by atoms with Crippen molar-refractivity contribution in [2.75, 3.05) is 63.9 Å². The number of hydrogen-bond acceptors (Lipinski definition) is 4. The quantitative estimate of drug-likeness (QED) is 0.518. The molecule has 2 atom stereocenters. The lowest BCUT2D eigenvalue weighted by atomic mass is 10.0. The van der Waals surface area contributed by atoms with Crippen molar-refractivity contribution < 1.29 is 4.74 Å². The van der Waals surface area contributed by atoms with E-state index in [9.17, 15) is 0 Å². The van der Waals surface area contributed by atoms with Crippen LogP contribution < -0.4 is 15.5 Å². The molecule has 3 rings (SSSR count). The Morgan fingerprint density at radius 3 is 2.59 bits per heavy atom. The third kappa shape index (κ3) is 6.61. The predicted octanol–water partition coefficient (Wildman–Crippen LogP) is 2.42. The Labute approximate surface area is 176 Å². The van der Waals surface area contributed by atoms with E-state index in [1.54, 1.807) is 0 Å². The molecule has 29 heavy (non-hydrogen) atoms. The molecule has 2 saturated heterocycles. The lowest BCUT2D eigenvalue weighted by molar-refractivity contribution is 0.00867. The zero-order chi connectivity index (χ0) is 20.5. The molecule has 2 fully saturated rings. The summed E-state index contributed by atoms with van der Waals surface area (Å²) >= 11 is 0. The summed E-state index contributed by atoms with van der Waals surface area (Å²) in [6, 6.07) is 11.2. The summed E-state index contributed by atoms with van der Waals surface area (Å²) < 4.78 is 5.52. The highest BCUT2D eigenvalue weighted by atomic mass is 16.5. The maximum atomic E-state index is 5.52. The van der Waals surface area contributed by atoms with Crippen molar-refractivity contribution in [2.45, 2.75) is 33.2 Å². The van der Waals surface area contributed by atoms with Gasteiger partial charge in [0, 0.05) is 51.0 Å². The standard InChI is InChI=1S/C23H39N5O/c1-4-24-23(26-17-22(19(2)3)27-12-14-29-15-13-27)25-16-20-10-11-28(18-20)21-8-6-5-7-9-21/h5-9,19-20,22H,4,10-18H2,1-3H3,(H2,24,25,26). The van der Waals surface area contributed by atoms with E-state index in [0.717, 1.165) is 65.0 Å². The largest absolute Gasteiger partial charge is 0.379 e. The summed E-state index contributed by atoms with van der Waals surface area (Å²) in [5.41, 5.74) is 1.33. The number of aliphatic imine (C=N–C) groups is 1. The third-order valence-electron chi connectivity index (χ3n) is 6.03. The molecule has 2 N–H and O–H groups in total. The minimum Gasteiger partial charge on any atom is -0.379 e. The second-order valence-electron chi connectivity index (χ2n) is 8.50. The first kappa shape index (κ1) is 21.9. The van der Waals surface area contributed by atoms with Crippen molar-refractivity contribution in [2.24, 2.45) is 16.8 Å². The topological polar surface area (TPSA) is 52.1 Å². The number of nitrogens with one attached hydrogen (secondary N) is 2. The number of morpholine rings is 1. The van der Waals surface area contributed by atoms with E-state index >= 15 is 0 Å². The van der Waals surface area contributed by atoms with Gasteiger partial charge in [0.05, 0.1) is 19.8 Å². The lowest BCUT2D eigenvalue weighted by Crippen LogP contribution is -2.48. The van der Waals surface area contributed by atoms with Crippen LogP contribution in [0.4, 0.5) is 5.69 Å². The normalized spacial score (nSPS) is 22.1. The van der Waals surface area contributed by atoms with Gasteiger partial charge in [0.15, 0.2) is 5.96 Å². The Hall–Kier alpha value is -1.79. The fraction of sp³-hybridized carbons (Fsp3) is 0.696. The molecule has 0 radical (unpaired) electrons. The maximum absolute atomic E-state index is 5.52. The van der Waals surface area contributed by atoms with E-state index in [1.165, 1.54) is 12.1 Å². The van der Waals surface area contributed by atoms with Gasteiger partial charge in [-0.05, 0) is 37.3 Å². The number of nitrogens with zero attached hydrogens (tertiary/aromatic N) is 3. The van der Waals surface area contributed by atoms with Gasteiger partial charge in [-0.25, -0.2) is 0 Å². The molecule has 0 bridgehead atoms. The Kier molecular flexibility index (Phi) is 8.62. The fourth-order valence-electron chi connectivity index (χ4n) is 4.30. The van der Waals surface area contributed by atoms with Gasteiger partial charge in [0.1, 0.15) is 0 Å². The smallest absolute Gasteiger partial charge is 0.191 e. The molecule has 2 heterocycles. The molecule has 1 aromatic carbocycles. The van der Waals surface area contributed by atoms with Crippen LogP contribution >= 0.6 is 0 Å². The number of benzene rings is 1. The number of hydrogen-bond donors (Lipinski definition) is 2. The second-order valence-corrected chi connectivity index (χ2v) is 8.50. The van der Waals surface area contributed by atoms with Gasteiger partial charge in [0.2, 0.25) is 0 Å². The molecule has 0 aliphatic carbocycles. The molecule has 0 spiro atoms. The van der Waals surface area contributed by atoms with Crippen molar-refractivity contribution in [1.29, 1.82) is 0 Å². The number of ether oxygens (including phenoxy) is 1. The Morgan fingerprint density at radius 2 is 1.90 bits per heavy atom. The highest BCUT2D eigenvalue weighted by Gasteiger charge is 2.25. The Morgan fingerprint density at radius 1 is 1.14 bits per heavy atom. The second kappa shape index (κ2) is 11.4. The minimum atomic E-state index is 0.467. The van der Waals surface area contributed by atoms with Crippen molar-refractivity contribution in [3.63, 3.8) is 0 Å². The highest BCUT2D eigenvalue weighted by molar-refractivity contribution is 5.79. The van der Waals surface area contributed by atoms with Crippen molar-refractivity contribution in [3.8, 4) is 0 Å². The van der Waals surface area contributed by atoms with Gasteiger partial charge in [-0.3, -0.25) is 9.89 Å². The fourth-order valence-corrected chi connectivity index (χ4v) is 4.30. The summed E-state index contributed by atoms with van der Waals surface area (Å²) in [6.45, 7) is 15.4. The molecule has 2 unspecified atom stereocenters. The average Bonchev–Trinajstić information content (AvgIpc) is 3.22. The molecule has 0 aromatic heterocycles. The number of rotatable bonds is 8. The van der Waals surface area contributed by atoms with Crippen LogP contribution in [-0.2, 0) is 4.74 Å². The third-order valence-corrected chi connectivity index (χ3v) is 6.03. The summed E-state index contributed by atoms with van der Waals surface area (Å²) in [4.78, 5) is 9.97. The van der Waals surface area contributed by atoms with Crippen LogP contribution in [0.5, 0.6) is 0 Å². The van der Waals surface area contributed by atoms with Gasteiger partial charge in [-0.1, -0.05) is 32.0 Å². The molecule has 0 amide bonds. The van der Waals surface area contributed by atoms with Crippen molar-refractivity contribution in [3.05, 3.63) is 30.3 Å². The van der Waals surface area contributed by atoms with E-state index in [-0.39, 0.29) is 0 Å². The van der Waals surface area contributed by atoms with Crippen molar-refractivity contribution in [1.82, 2.24) is 15.5 Å². The molecule has 1 aromatic rings. The predicted molar refractivity (Wildman–Crippen MR) is 122 cm³/mol. The highest BCUT2D eigenvalue weighted by Crippen LogP contribution is 2.23. The van der Waals surface area contributed by atoms with Crippen LogP contribution in [0.3, 0.4) is 0 Å². The van der Waals surface area contributed by atoms with Gasteiger partial charge in [0.25, 0.3) is 0 Å². The van der Waals surface area contributed by atoms with E-state index in [2.05, 4.69) is 71.5 Å². The van der Waals surface area contributed by atoms with Gasteiger partial charge in [-0.2, -0.15) is 0 Å².